The van der Waals surface area contributed by atoms with Crippen LogP contribution in [0.25, 0.3) is 0 Å². The van der Waals surface area contributed by atoms with Crippen molar-refractivity contribution in [2.75, 3.05) is 26.5 Å². The van der Waals surface area contributed by atoms with E-state index in [1.165, 1.54) is 17.0 Å². The summed E-state index contributed by atoms with van der Waals surface area (Å²) in [6.45, 7) is 1.27. The summed E-state index contributed by atoms with van der Waals surface area (Å²) >= 11 is 0. The first-order valence-corrected chi connectivity index (χ1v) is 6.96. The van der Waals surface area contributed by atoms with E-state index in [9.17, 15) is 14.5 Å². The minimum absolute atomic E-state index is 0.0694. The Morgan fingerprint density at radius 2 is 2.09 bits per heavy atom. The van der Waals surface area contributed by atoms with E-state index in [1.807, 2.05) is 0 Å². The van der Waals surface area contributed by atoms with Gasteiger partial charge in [0.25, 0.3) is 0 Å². The molecular formula is C12H17FN6O4. The first kappa shape index (κ1) is 17.0. The van der Waals surface area contributed by atoms with E-state index in [0.717, 1.165) is 0 Å². The van der Waals surface area contributed by atoms with E-state index in [0.29, 0.717) is 32.0 Å². The van der Waals surface area contributed by atoms with E-state index >= 15 is 0 Å². The van der Waals surface area contributed by atoms with Gasteiger partial charge in [0, 0.05) is 0 Å². The normalized spacial score (nSPS) is 11.0. The van der Waals surface area contributed by atoms with Crippen molar-refractivity contribution in [2.45, 2.75) is 19.7 Å². The molecule has 0 saturated carbocycles. The van der Waals surface area contributed by atoms with Gasteiger partial charge in [-0.2, -0.15) is 0 Å². The van der Waals surface area contributed by atoms with Gasteiger partial charge < -0.3 is 19.6 Å². The van der Waals surface area contributed by atoms with Crippen LogP contribution in [0.5, 0.6) is 0 Å². The highest BCUT2D eigenvalue weighted by molar-refractivity contribution is 5.06. The first-order valence-electron chi connectivity index (χ1n) is 6.96. The molecule has 0 atom stereocenters. The molecular weight excluding hydrogens is 310 g/mol. The zero-order valence-electron chi connectivity index (χ0n) is 12.4. The Hall–Kier alpha value is -2.40. The van der Waals surface area contributed by atoms with E-state index in [1.54, 1.807) is 10.9 Å². The number of alkyl halides is 1. The van der Waals surface area contributed by atoms with Crippen molar-refractivity contribution in [3.8, 4) is 0 Å². The fraction of sp³-hybridized carbons (Fsp3) is 0.583. The highest BCUT2D eigenvalue weighted by Gasteiger charge is 2.13. The highest BCUT2D eigenvalue weighted by Crippen LogP contribution is 2.07. The summed E-state index contributed by atoms with van der Waals surface area (Å²) in [5, 5.41) is 18.6. The van der Waals surface area contributed by atoms with Crippen molar-refractivity contribution in [1.82, 2.24) is 24.5 Å². The Morgan fingerprint density at radius 1 is 1.26 bits per heavy atom. The van der Waals surface area contributed by atoms with Crippen molar-refractivity contribution in [1.29, 1.82) is 0 Å². The van der Waals surface area contributed by atoms with Crippen molar-refractivity contribution in [3.63, 3.8) is 0 Å². The van der Waals surface area contributed by atoms with Gasteiger partial charge in [-0.3, -0.25) is 0 Å². The lowest BCUT2D eigenvalue weighted by molar-refractivity contribution is -0.396. The molecule has 0 radical (unpaired) electrons. The summed E-state index contributed by atoms with van der Waals surface area (Å²) in [6, 6.07) is 0. The quantitative estimate of drug-likeness (QED) is 0.337. The molecule has 2 rings (SSSR count). The topological polar surface area (TPSA) is 110 Å². The molecule has 0 spiro atoms. The van der Waals surface area contributed by atoms with Crippen LogP contribution in [0, 0.1) is 10.1 Å². The van der Waals surface area contributed by atoms with Gasteiger partial charge in [0.15, 0.2) is 0 Å². The molecule has 2 aromatic heterocycles. The zero-order valence-corrected chi connectivity index (χ0v) is 12.4. The number of nitro groups is 1. The van der Waals surface area contributed by atoms with Gasteiger partial charge in [-0.15, -0.1) is 5.10 Å². The second kappa shape index (κ2) is 8.90. The summed E-state index contributed by atoms with van der Waals surface area (Å²) in [4.78, 5) is 13.9. The Balaban J connectivity index is 1.72. The molecule has 126 valence electrons. The maximum atomic E-state index is 11.8. The van der Waals surface area contributed by atoms with Crippen LogP contribution < -0.4 is 0 Å². The first-order chi connectivity index (χ1) is 11.2. The van der Waals surface area contributed by atoms with Crippen LogP contribution in [-0.4, -0.2) is 56.0 Å². The van der Waals surface area contributed by atoms with Gasteiger partial charge in [0.2, 0.25) is 0 Å². The highest BCUT2D eigenvalue weighted by atomic mass is 18.2. The molecule has 0 aliphatic rings. The second-order valence-electron chi connectivity index (χ2n) is 4.50. The monoisotopic (exact) mass is 327 g/mol. The molecule has 0 amide bonds. The number of halogens is 1. The Bertz CT molecular complexity index is 616. The maximum Gasteiger partial charge on any atom is 0.434 e. The minimum Gasteiger partial charge on any atom is -0.390 e. The molecule has 0 N–H and O–H groups in total. The van der Waals surface area contributed by atoms with E-state index in [4.69, 9.17) is 9.47 Å². The number of nitrogens with zero attached hydrogens (tertiary/aromatic N) is 6. The Kier molecular flexibility index (Phi) is 6.56. The molecule has 23 heavy (non-hydrogen) atoms. The van der Waals surface area contributed by atoms with Gasteiger partial charge in [0.1, 0.15) is 24.8 Å². The third kappa shape index (κ3) is 5.38. The van der Waals surface area contributed by atoms with Crippen LogP contribution in [-0.2, 0) is 29.2 Å². The second-order valence-corrected chi connectivity index (χ2v) is 4.50. The molecule has 0 aliphatic heterocycles. The minimum atomic E-state index is -0.536. The number of hydrogen-bond donors (Lipinski definition) is 0. The summed E-state index contributed by atoms with van der Waals surface area (Å²) in [5.41, 5.74) is 0.635. The maximum absolute atomic E-state index is 11.8. The number of aryl methyl sites for hydroxylation is 2. The van der Waals surface area contributed by atoms with Crippen LogP contribution in [0.3, 0.4) is 0 Å². The molecule has 0 aliphatic carbocycles. The predicted molar refractivity (Wildman–Crippen MR) is 75.4 cm³/mol. The number of hydrogen-bond acceptors (Lipinski definition) is 7. The lowest BCUT2D eigenvalue weighted by Gasteiger charge is -2.02. The molecule has 0 aromatic carbocycles. The molecule has 11 heteroatoms. The molecule has 0 bridgehead atoms. The molecule has 2 aromatic rings. The van der Waals surface area contributed by atoms with Gasteiger partial charge >= 0.3 is 5.95 Å². The number of imidazole rings is 1. The summed E-state index contributed by atoms with van der Waals surface area (Å²) in [6.07, 6.45) is 4.62. The van der Waals surface area contributed by atoms with Crippen molar-refractivity contribution in [2.24, 2.45) is 0 Å². The summed E-state index contributed by atoms with van der Waals surface area (Å²) in [7, 11) is 0. The predicted octanol–water partition coefficient (Wildman–Crippen LogP) is 0.586. The standard InChI is InChI=1S/C12H17FN6O4/c13-1-6-22-7-8-23-10-11-9-18(16-15-11)5-4-17-3-2-14-12(17)19(20)21/h2-3,9H,1,4-8,10H2/i13-1. The number of aromatic nitrogens is 5. The molecule has 0 unspecified atom stereocenters. The summed E-state index contributed by atoms with van der Waals surface area (Å²) < 4.78 is 25.0. The molecule has 10 nitrogen and oxygen atoms in total. The van der Waals surface area contributed by atoms with E-state index < -0.39 is 11.6 Å². The van der Waals surface area contributed by atoms with E-state index in [2.05, 4.69) is 15.3 Å². The summed E-state index contributed by atoms with van der Waals surface area (Å²) in [5.74, 6) is -0.207. The number of ether oxygens (including phenoxy) is 2. The van der Waals surface area contributed by atoms with Crippen LogP contribution in [0.1, 0.15) is 5.69 Å². The van der Waals surface area contributed by atoms with E-state index in [-0.39, 0.29) is 19.2 Å². The van der Waals surface area contributed by atoms with Gasteiger partial charge in [-0.25, -0.2) is 13.6 Å². The SMILES string of the molecule is O=[N+]([O-])c1nccn1CCn1cc(COCCOCC[18F])nn1. The fourth-order valence-corrected chi connectivity index (χ4v) is 1.82. The third-order valence-electron chi connectivity index (χ3n) is 2.86. The lowest BCUT2D eigenvalue weighted by Crippen LogP contribution is -2.09. The molecule has 0 fully saturated rings. The smallest absolute Gasteiger partial charge is 0.390 e. The third-order valence-corrected chi connectivity index (χ3v) is 2.86. The van der Waals surface area contributed by atoms with Crippen molar-refractivity contribution >= 4 is 5.95 Å². The Labute approximate surface area is 131 Å². The van der Waals surface area contributed by atoms with Crippen LogP contribution in [0.2, 0.25) is 0 Å². The molecule has 2 heterocycles. The average molecular weight is 327 g/mol. The Morgan fingerprint density at radius 3 is 2.87 bits per heavy atom. The van der Waals surface area contributed by atoms with Gasteiger partial charge in [-0.1, -0.05) is 10.2 Å². The van der Waals surface area contributed by atoms with Gasteiger partial charge in [0.05, 0.1) is 45.7 Å². The van der Waals surface area contributed by atoms with Crippen LogP contribution >= 0.6 is 0 Å². The average Bonchev–Trinajstić information content (AvgIpc) is 3.17. The van der Waals surface area contributed by atoms with Crippen molar-refractivity contribution < 1.29 is 18.8 Å². The zero-order chi connectivity index (χ0) is 16.5. The number of rotatable bonds is 11. The lowest BCUT2D eigenvalue weighted by atomic mass is 10.5. The van der Waals surface area contributed by atoms with Gasteiger partial charge in [-0.05, 0) is 4.92 Å². The fourth-order valence-electron chi connectivity index (χ4n) is 1.82. The van der Waals surface area contributed by atoms with Crippen LogP contribution in [0.4, 0.5) is 10.3 Å². The van der Waals surface area contributed by atoms with Crippen LogP contribution in [0.15, 0.2) is 18.6 Å². The molecule has 0 saturated heterocycles. The largest absolute Gasteiger partial charge is 0.434 e. The van der Waals surface area contributed by atoms with Crippen molar-refractivity contribution in [3.05, 3.63) is 34.4 Å².